The van der Waals surface area contributed by atoms with Gasteiger partial charge in [-0.2, -0.15) is 5.26 Å². The van der Waals surface area contributed by atoms with Crippen molar-refractivity contribution in [1.82, 2.24) is 37.0 Å². The molecule has 1 aliphatic rings. The maximum absolute atomic E-state index is 12.7. The lowest BCUT2D eigenvalue weighted by molar-refractivity contribution is 0.889. The van der Waals surface area contributed by atoms with Crippen LogP contribution in [0.25, 0.3) is 162 Å². The van der Waals surface area contributed by atoms with Crippen LogP contribution in [0, 0.1) is 23.5 Å². The van der Waals surface area contributed by atoms with Gasteiger partial charge in [-0.25, -0.2) is 9.97 Å². The molecule has 0 saturated carbocycles. The van der Waals surface area contributed by atoms with Gasteiger partial charge in [0.25, 0.3) is 0 Å². The number of hydrogen-bond acceptors (Lipinski definition) is 3. The molecule has 0 atom stereocenters. The molecule has 0 aliphatic heterocycles. The summed E-state index contributed by atoms with van der Waals surface area (Å²) >= 11 is 0. The molecule has 12 aromatic carbocycles. The topological polar surface area (TPSA) is 78.1 Å². The normalized spacial score (nSPS) is 12.4. The minimum atomic E-state index is 0.504. The number of aromatic nitrogens is 8. The molecule has 6 aromatic heterocycles. The highest BCUT2D eigenvalue weighted by molar-refractivity contribution is 6.11. The minimum Gasteiger partial charge on any atom is -0.312 e. The summed E-state index contributed by atoms with van der Waals surface area (Å²) in [6.45, 7) is 0. The van der Waals surface area contributed by atoms with Crippen molar-refractivity contribution < 1.29 is 0 Å². The second-order valence-corrected chi connectivity index (χ2v) is 23.4. The number of para-hydroxylation sites is 5. The zero-order valence-electron chi connectivity index (χ0n) is 48.4. The molecule has 6 heterocycles. The van der Waals surface area contributed by atoms with Gasteiger partial charge in [0.1, 0.15) is 11.6 Å². The van der Waals surface area contributed by atoms with E-state index in [1.807, 2.05) is 6.07 Å². The average molecular weight is 1150 g/mol. The van der Waals surface area contributed by atoms with Crippen molar-refractivity contribution in [1.29, 1.82) is 5.26 Å². The van der Waals surface area contributed by atoms with E-state index in [0.717, 1.165) is 168 Å². The Morgan fingerprint density at radius 1 is 0.400 bits per heavy atom. The van der Waals surface area contributed by atoms with Gasteiger partial charge in [-0.3, -0.25) is 17.9 Å². The molecule has 18 aromatic rings. The zero-order valence-corrected chi connectivity index (χ0v) is 48.4. The summed E-state index contributed by atoms with van der Waals surface area (Å²) < 4.78 is 13.8. The molecule has 0 fully saturated rings. The van der Waals surface area contributed by atoms with Crippen LogP contribution in [0.15, 0.2) is 267 Å². The molecule has 9 nitrogen and oxygen atoms in total. The van der Waals surface area contributed by atoms with Gasteiger partial charge >= 0.3 is 0 Å². The molecule has 0 radical (unpaired) electrons. The molecule has 0 saturated heterocycles. The van der Waals surface area contributed by atoms with Crippen LogP contribution < -0.4 is 0 Å². The molecule has 418 valence electrons. The molecule has 0 spiro atoms. The Kier molecular flexibility index (Phi) is 10.7. The Morgan fingerprint density at radius 2 is 0.922 bits per heavy atom. The van der Waals surface area contributed by atoms with E-state index in [2.05, 4.69) is 312 Å². The fraction of sp³-hybridized carbons (Fsp3) is 0.0247. The molecule has 90 heavy (non-hydrogen) atoms. The second kappa shape index (κ2) is 19.3. The number of allylic oxidation sites excluding steroid dienone is 1. The van der Waals surface area contributed by atoms with E-state index in [9.17, 15) is 5.26 Å². The highest BCUT2D eigenvalue weighted by Gasteiger charge is 2.31. The Labute approximate surface area is 516 Å². The fourth-order valence-electron chi connectivity index (χ4n) is 14.6. The standard InChI is InChI=1S/C81H49N9/c82-50-64-78(56-40-44-72-76(48-56)90-74-46-54(52-23-7-2-8-24-52)38-42-66(74)84-81(90)86(72)58-27-11-4-12-28-58)77(87-67-33-17-13-29-59(67)60-30-14-18-34-68(60)87)49-63(79(64)88-69-35-19-15-31-61(69)62-32-16-20-36-70(62)88)55-39-43-71-75(47-55)89-73-45-53(51-21-5-1-6-22-51)37-41-65(73)83-80(89)85(71)57-25-9-3-10-26-57/h1-17,19-33,35-39,41-43,45-49H,18,34H2. The summed E-state index contributed by atoms with van der Waals surface area (Å²) in [4.78, 5) is 10.8. The number of imidazole rings is 4. The van der Waals surface area contributed by atoms with Crippen molar-refractivity contribution >= 4 is 94.5 Å². The van der Waals surface area contributed by atoms with Crippen LogP contribution in [-0.2, 0) is 6.42 Å². The zero-order chi connectivity index (χ0) is 59.1. The molecule has 0 amide bonds. The van der Waals surface area contributed by atoms with E-state index in [-0.39, 0.29) is 0 Å². The third-order valence-corrected chi connectivity index (χ3v) is 18.5. The van der Waals surface area contributed by atoms with E-state index >= 15 is 0 Å². The molecule has 0 unspecified atom stereocenters. The lowest BCUT2D eigenvalue weighted by Crippen LogP contribution is -2.10. The molecular weight excluding hydrogens is 1100 g/mol. The Morgan fingerprint density at radius 3 is 1.54 bits per heavy atom. The first-order valence-electron chi connectivity index (χ1n) is 30.5. The number of fused-ring (bicyclic) bond motifs is 16. The second-order valence-electron chi connectivity index (χ2n) is 23.4. The smallest absolute Gasteiger partial charge is 0.221 e. The minimum absolute atomic E-state index is 0.504. The van der Waals surface area contributed by atoms with Crippen LogP contribution in [-0.4, -0.2) is 37.0 Å². The van der Waals surface area contributed by atoms with Gasteiger partial charge in [0.2, 0.25) is 11.6 Å². The Bertz CT molecular complexity index is 6030. The Hall–Kier alpha value is -12.4. The van der Waals surface area contributed by atoms with Crippen LogP contribution in [0.3, 0.4) is 0 Å². The van der Waals surface area contributed by atoms with Crippen molar-refractivity contribution in [2.75, 3.05) is 0 Å². The highest BCUT2D eigenvalue weighted by atomic mass is 15.2. The third kappa shape index (κ3) is 7.20. The maximum atomic E-state index is 12.7. The summed E-state index contributed by atoms with van der Waals surface area (Å²) in [5.74, 6) is 1.56. The van der Waals surface area contributed by atoms with Gasteiger partial charge in [0, 0.05) is 55.5 Å². The van der Waals surface area contributed by atoms with Gasteiger partial charge in [-0.15, -0.1) is 0 Å². The SMILES string of the molecule is N#Cc1c(-c2c#cc3c(c2)n2c4cc(-c5ccccc5)ccc4nc2n3-c2ccccc2)c(-n2c3c(c4ccccc42)C=CCC3)cc(-c2ccc3c(c2)n2c4cc(-c5ccccc5)ccc4nc2n3-c2ccccc2)c1-n1c2ccccc2c2ccccc21. The van der Waals surface area contributed by atoms with Crippen LogP contribution in [0.1, 0.15) is 23.2 Å². The molecule has 1 aliphatic carbocycles. The number of benzene rings is 11. The van der Waals surface area contributed by atoms with Crippen LogP contribution >= 0.6 is 0 Å². The molecule has 0 bridgehead atoms. The van der Waals surface area contributed by atoms with E-state index < -0.39 is 0 Å². The lowest BCUT2D eigenvalue weighted by Gasteiger charge is -2.24. The van der Waals surface area contributed by atoms with Crippen LogP contribution in [0.5, 0.6) is 0 Å². The monoisotopic (exact) mass is 1150 g/mol. The van der Waals surface area contributed by atoms with E-state index in [1.54, 1.807) is 0 Å². The number of nitrogens with zero attached hydrogens (tertiary/aromatic N) is 9. The average Bonchev–Trinajstić information content (AvgIpc) is 1.98. The molecule has 19 rings (SSSR count). The van der Waals surface area contributed by atoms with Crippen molar-refractivity contribution in [3.8, 4) is 73.3 Å². The van der Waals surface area contributed by atoms with E-state index in [0.29, 0.717) is 5.56 Å². The predicted molar refractivity (Wildman–Crippen MR) is 365 cm³/mol. The maximum Gasteiger partial charge on any atom is 0.221 e. The van der Waals surface area contributed by atoms with Crippen molar-refractivity contribution in [3.05, 3.63) is 296 Å². The summed E-state index contributed by atoms with van der Waals surface area (Å²) in [5.41, 5.74) is 24.7. The summed E-state index contributed by atoms with van der Waals surface area (Å²) in [6.07, 6.45) is 6.26. The summed E-state index contributed by atoms with van der Waals surface area (Å²) in [5, 5.41) is 16.1. The third-order valence-electron chi connectivity index (χ3n) is 18.5. The van der Waals surface area contributed by atoms with Gasteiger partial charge in [0.15, 0.2) is 0 Å². The van der Waals surface area contributed by atoms with Crippen molar-refractivity contribution in [3.63, 3.8) is 0 Å². The highest BCUT2D eigenvalue weighted by Crippen LogP contribution is 2.48. The number of nitriles is 1. The fourth-order valence-corrected chi connectivity index (χ4v) is 14.6. The van der Waals surface area contributed by atoms with E-state index in [4.69, 9.17) is 9.97 Å². The first kappa shape index (κ1) is 49.8. The largest absolute Gasteiger partial charge is 0.312 e. The quantitative estimate of drug-likeness (QED) is 0.152. The van der Waals surface area contributed by atoms with E-state index in [1.165, 1.54) is 11.3 Å². The van der Waals surface area contributed by atoms with Crippen LogP contribution in [0.2, 0.25) is 0 Å². The number of rotatable bonds is 8. The first-order valence-corrected chi connectivity index (χ1v) is 30.5. The van der Waals surface area contributed by atoms with Gasteiger partial charge in [-0.05, 0) is 138 Å². The van der Waals surface area contributed by atoms with Gasteiger partial charge < -0.3 is 9.13 Å². The van der Waals surface area contributed by atoms with Gasteiger partial charge in [-0.1, -0.05) is 188 Å². The Balaban J connectivity index is 0.972. The summed E-state index contributed by atoms with van der Waals surface area (Å²) in [7, 11) is 0. The molecule has 0 N–H and O–H groups in total. The lowest BCUT2D eigenvalue weighted by atomic mass is 9.90. The van der Waals surface area contributed by atoms with Gasteiger partial charge in [0.05, 0.1) is 72.1 Å². The number of hydrogen-bond donors (Lipinski definition) is 0. The molecule has 9 heteroatoms. The molecular formula is C81H49N9. The van der Waals surface area contributed by atoms with Crippen LogP contribution in [0.4, 0.5) is 0 Å². The van der Waals surface area contributed by atoms with Crippen molar-refractivity contribution in [2.24, 2.45) is 0 Å². The van der Waals surface area contributed by atoms with Crippen molar-refractivity contribution in [2.45, 2.75) is 12.8 Å². The predicted octanol–water partition coefficient (Wildman–Crippen LogP) is 19.3. The first-order chi connectivity index (χ1) is 44.6. The summed E-state index contributed by atoms with van der Waals surface area (Å²) in [6, 6.07) is 103.